The number of nitrogens with zero attached hydrogens (tertiary/aromatic N) is 2. The standard InChI is InChI=1S/C17H28FN3/c1-4-19-10-14-5-6-17(18)16(9-14)13-21(3)12-15-7-8-20(2)11-15/h5-6,9,15,19H,4,7-8,10-13H2,1-3H3. The molecule has 3 nitrogen and oxygen atoms in total. The summed E-state index contributed by atoms with van der Waals surface area (Å²) in [5, 5.41) is 3.29. The maximum Gasteiger partial charge on any atom is 0.127 e. The van der Waals surface area contributed by atoms with Crippen LogP contribution in [0.1, 0.15) is 24.5 Å². The van der Waals surface area contributed by atoms with Gasteiger partial charge in [0.1, 0.15) is 5.82 Å². The van der Waals surface area contributed by atoms with Gasteiger partial charge in [-0.05, 0) is 51.2 Å². The first-order chi connectivity index (χ1) is 10.1. The average molecular weight is 293 g/mol. The summed E-state index contributed by atoms with van der Waals surface area (Å²) in [5.41, 5.74) is 1.96. The predicted molar refractivity (Wildman–Crippen MR) is 85.7 cm³/mol. The molecule has 1 aliphatic rings. The summed E-state index contributed by atoms with van der Waals surface area (Å²) < 4.78 is 14.0. The van der Waals surface area contributed by atoms with Gasteiger partial charge in [0, 0.05) is 31.7 Å². The van der Waals surface area contributed by atoms with Gasteiger partial charge in [-0.2, -0.15) is 0 Å². The van der Waals surface area contributed by atoms with Gasteiger partial charge in [-0.15, -0.1) is 0 Å². The number of likely N-dealkylation sites (tertiary alicyclic amines) is 1. The average Bonchev–Trinajstić information content (AvgIpc) is 2.84. The first kappa shape index (κ1) is 16.4. The Morgan fingerprint density at radius 3 is 2.90 bits per heavy atom. The highest BCUT2D eigenvalue weighted by atomic mass is 19.1. The van der Waals surface area contributed by atoms with Crippen LogP contribution in [0, 0.1) is 11.7 Å². The molecule has 0 aromatic heterocycles. The molecular formula is C17H28FN3. The van der Waals surface area contributed by atoms with Gasteiger partial charge >= 0.3 is 0 Å². The minimum absolute atomic E-state index is 0.0920. The molecule has 0 radical (unpaired) electrons. The Kier molecular flexibility index (Phi) is 6.15. The molecule has 1 N–H and O–H groups in total. The Morgan fingerprint density at radius 2 is 2.24 bits per heavy atom. The minimum Gasteiger partial charge on any atom is -0.313 e. The summed E-state index contributed by atoms with van der Waals surface area (Å²) >= 11 is 0. The first-order valence-electron chi connectivity index (χ1n) is 7.93. The zero-order valence-electron chi connectivity index (χ0n) is 13.5. The fourth-order valence-corrected chi connectivity index (χ4v) is 3.10. The Hall–Kier alpha value is -0.970. The molecule has 1 heterocycles. The number of rotatable bonds is 7. The van der Waals surface area contributed by atoms with E-state index >= 15 is 0 Å². The lowest BCUT2D eigenvalue weighted by Crippen LogP contribution is -2.27. The van der Waals surface area contributed by atoms with Crippen LogP contribution >= 0.6 is 0 Å². The number of hydrogen-bond donors (Lipinski definition) is 1. The van der Waals surface area contributed by atoms with E-state index in [1.165, 1.54) is 13.0 Å². The van der Waals surface area contributed by atoms with E-state index in [9.17, 15) is 4.39 Å². The molecule has 1 atom stereocenters. The van der Waals surface area contributed by atoms with Gasteiger partial charge in [0.25, 0.3) is 0 Å². The van der Waals surface area contributed by atoms with Crippen LogP contribution in [0.25, 0.3) is 0 Å². The molecule has 1 unspecified atom stereocenters. The molecule has 1 saturated heterocycles. The summed E-state index contributed by atoms with van der Waals surface area (Å²) in [7, 11) is 4.26. The highest BCUT2D eigenvalue weighted by molar-refractivity contribution is 5.25. The van der Waals surface area contributed by atoms with Crippen molar-refractivity contribution < 1.29 is 4.39 Å². The quantitative estimate of drug-likeness (QED) is 0.832. The molecule has 0 bridgehead atoms. The number of halogens is 1. The van der Waals surface area contributed by atoms with E-state index in [2.05, 4.69) is 36.1 Å². The molecule has 0 saturated carbocycles. The van der Waals surface area contributed by atoms with Crippen molar-refractivity contribution in [2.24, 2.45) is 5.92 Å². The van der Waals surface area contributed by atoms with E-state index in [-0.39, 0.29) is 5.82 Å². The van der Waals surface area contributed by atoms with Gasteiger partial charge in [0.15, 0.2) is 0 Å². The van der Waals surface area contributed by atoms with Crippen molar-refractivity contribution >= 4 is 0 Å². The fourth-order valence-electron chi connectivity index (χ4n) is 3.10. The van der Waals surface area contributed by atoms with E-state index in [1.54, 1.807) is 6.07 Å². The molecule has 4 heteroatoms. The Balaban J connectivity index is 1.91. The van der Waals surface area contributed by atoms with E-state index in [4.69, 9.17) is 0 Å². The first-order valence-corrected chi connectivity index (χ1v) is 7.93. The van der Waals surface area contributed by atoms with Gasteiger partial charge < -0.3 is 15.1 Å². The van der Waals surface area contributed by atoms with Crippen molar-refractivity contribution in [1.29, 1.82) is 0 Å². The Labute approximate surface area is 128 Å². The maximum atomic E-state index is 14.0. The lowest BCUT2D eigenvalue weighted by molar-refractivity contribution is 0.264. The monoisotopic (exact) mass is 293 g/mol. The second-order valence-corrected chi connectivity index (χ2v) is 6.32. The molecule has 1 aromatic rings. The van der Waals surface area contributed by atoms with Gasteiger partial charge in [-0.1, -0.05) is 19.1 Å². The topological polar surface area (TPSA) is 18.5 Å². The molecule has 0 spiro atoms. The third-order valence-electron chi connectivity index (χ3n) is 4.19. The second-order valence-electron chi connectivity index (χ2n) is 6.32. The van der Waals surface area contributed by atoms with Crippen molar-refractivity contribution in [1.82, 2.24) is 15.1 Å². The highest BCUT2D eigenvalue weighted by Crippen LogP contribution is 2.18. The highest BCUT2D eigenvalue weighted by Gasteiger charge is 2.21. The zero-order chi connectivity index (χ0) is 15.2. The van der Waals surface area contributed by atoms with E-state index in [1.807, 2.05) is 12.1 Å². The molecule has 2 rings (SSSR count). The summed E-state index contributed by atoms with van der Waals surface area (Å²) in [6.07, 6.45) is 1.25. The molecule has 1 fully saturated rings. The van der Waals surface area contributed by atoms with Crippen molar-refractivity contribution in [3.8, 4) is 0 Å². The summed E-state index contributed by atoms with van der Waals surface area (Å²) in [6.45, 7) is 7.89. The molecule has 1 aromatic carbocycles. The summed E-state index contributed by atoms with van der Waals surface area (Å²) in [6, 6.07) is 5.46. The van der Waals surface area contributed by atoms with Crippen LogP contribution in [-0.2, 0) is 13.1 Å². The third kappa shape index (κ3) is 5.06. The number of hydrogen-bond acceptors (Lipinski definition) is 3. The van der Waals surface area contributed by atoms with Gasteiger partial charge in [0.05, 0.1) is 0 Å². The van der Waals surface area contributed by atoms with Gasteiger partial charge in [0.2, 0.25) is 0 Å². The van der Waals surface area contributed by atoms with Crippen LogP contribution in [0.2, 0.25) is 0 Å². The van der Waals surface area contributed by atoms with Crippen LogP contribution in [-0.4, -0.2) is 50.1 Å². The Morgan fingerprint density at radius 1 is 1.43 bits per heavy atom. The number of nitrogens with one attached hydrogen (secondary N) is 1. The van der Waals surface area contributed by atoms with Crippen molar-refractivity contribution in [2.45, 2.75) is 26.4 Å². The summed E-state index contributed by atoms with van der Waals surface area (Å²) in [5.74, 6) is 0.624. The maximum absolute atomic E-state index is 14.0. The number of benzene rings is 1. The van der Waals surface area contributed by atoms with Crippen molar-refractivity contribution in [3.63, 3.8) is 0 Å². The predicted octanol–water partition coefficient (Wildman–Crippen LogP) is 2.32. The minimum atomic E-state index is -0.0920. The van der Waals surface area contributed by atoms with Crippen LogP contribution in [0.3, 0.4) is 0 Å². The largest absolute Gasteiger partial charge is 0.313 e. The Bertz CT molecular complexity index is 450. The normalized spacial score (nSPS) is 19.6. The van der Waals surface area contributed by atoms with E-state index < -0.39 is 0 Å². The molecular weight excluding hydrogens is 265 g/mol. The smallest absolute Gasteiger partial charge is 0.127 e. The SMILES string of the molecule is CCNCc1ccc(F)c(CN(C)CC2CCN(C)C2)c1. The van der Waals surface area contributed by atoms with Crippen molar-refractivity contribution in [2.75, 3.05) is 40.3 Å². The lowest BCUT2D eigenvalue weighted by Gasteiger charge is -2.21. The molecule has 0 aliphatic carbocycles. The molecule has 1 aliphatic heterocycles. The van der Waals surface area contributed by atoms with Crippen molar-refractivity contribution in [3.05, 3.63) is 35.1 Å². The second kappa shape index (κ2) is 7.87. The molecule has 0 amide bonds. The van der Waals surface area contributed by atoms with Gasteiger partial charge in [-0.25, -0.2) is 4.39 Å². The van der Waals surface area contributed by atoms with Gasteiger partial charge in [-0.3, -0.25) is 0 Å². The van der Waals surface area contributed by atoms with Crippen LogP contribution < -0.4 is 5.32 Å². The van der Waals surface area contributed by atoms with E-state index in [0.29, 0.717) is 12.5 Å². The fraction of sp³-hybridized carbons (Fsp3) is 0.647. The lowest BCUT2D eigenvalue weighted by atomic mass is 10.1. The van der Waals surface area contributed by atoms with Crippen LogP contribution in [0.15, 0.2) is 18.2 Å². The van der Waals surface area contributed by atoms with E-state index in [0.717, 1.165) is 37.3 Å². The zero-order valence-corrected chi connectivity index (χ0v) is 13.5. The van der Waals surface area contributed by atoms with Crippen LogP contribution in [0.4, 0.5) is 4.39 Å². The third-order valence-corrected chi connectivity index (χ3v) is 4.19. The molecule has 118 valence electrons. The summed E-state index contributed by atoms with van der Waals surface area (Å²) in [4.78, 5) is 4.62. The molecule has 21 heavy (non-hydrogen) atoms. The van der Waals surface area contributed by atoms with Crippen LogP contribution in [0.5, 0.6) is 0 Å².